The highest BCUT2D eigenvalue weighted by atomic mass is 17.2. The summed E-state index contributed by atoms with van der Waals surface area (Å²) in [5, 5.41) is 0. The number of hydrogen-bond acceptors (Lipinski definition) is 5. The van der Waals surface area contributed by atoms with Crippen LogP contribution in [-0.2, 0) is 32.2 Å². The molecule has 2 aromatic rings. The van der Waals surface area contributed by atoms with Gasteiger partial charge in [-0.15, -0.1) is 0 Å². The molecule has 2 amide bonds. The van der Waals surface area contributed by atoms with E-state index in [-0.39, 0.29) is 18.9 Å². The quantitative estimate of drug-likeness (QED) is 0.505. The lowest BCUT2D eigenvalue weighted by molar-refractivity contribution is -0.236. The molecule has 0 aliphatic heterocycles. The molecule has 0 heterocycles. The summed E-state index contributed by atoms with van der Waals surface area (Å²) < 4.78 is 0. The van der Waals surface area contributed by atoms with Crippen molar-refractivity contribution in [1.82, 2.24) is 9.80 Å². The molecule has 7 heteroatoms. The molecule has 0 fully saturated rings. The van der Waals surface area contributed by atoms with Gasteiger partial charge in [0.25, 0.3) is 0 Å². The molecule has 0 saturated carbocycles. The van der Waals surface area contributed by atoms with Crippen LogP contribution in [0.3, 0.4) is 0 Å². The maximum absolute atomic E-state index is 12.2. The van der Waals surface area contributed by atoms with Crippen LogP contribution in [0, 0.1) is 0 Å². The van der Waals surface area contributed by atoms with E-state index in [9.17, 15) is 14.4 Å². The summed E-state index contributed by atoms with van der Waals surface area (Å²) in [6, 6.07) is 19.3. The van der Waals surface area contributed by atoms with Crippen LogP contribution in [0.2, 0.25) is 0 Å². The van der Waals surface area contributed by atoms with Crippen LogP contribution in [-0.4, -0.2) is 55.0 Å². The van der Waals surface area contributed by atoms with E-state index < -0.39 is 12.1 Å². The SMILES string of the molecule is CN(CCc1ccccc1)C(=O)CN(C)C(=O)OOC(=O)CCc1ccccc1. The van der Waals surface area contributed by atoms with E-state index in [1.54, 1.807) is 11.9 Å². The van der Waals surface area contributed by atoms with Gasteiger partial charge in [-0.2, -0.15) is 0 Å². The molecule has 7 nitrogen and oxygen atoms in total. The van der Waals surface area contributed by atoms with E-state index in [1.807, 2.05) is 60.7 Å². The minimum absolute atomic E-state index is 0.0855. The Morgan fingerprint density at radius 2 is 1.31 bits per heavy atom. The van der Waals surface area contributed by atoms with Gasteiger partial charge in [0.05, 0.1) is 6.42 Å². The predicted octanol–water partition coefficient (Wildman–Crippen LogP) is 2.85. The zero-order valence-corrected chi connectivity index (χ0v) is 16.7. The molecule has 154 valence electrons. The standard InChI is InChI=1S/C22H26N2O5/c1-23(16-15-19-11-7-4-8-12-19)20(25)17-24(2)22(27)29-28-21(26)14-13-18-9-5-3-6-10-18/h3-12H,13-17H2,1-2H3. The van der Waals surface area contributed by atoms with Gasteiger partial charge in [0, 0.05) is 20.6 Å². The van der Waals surface area contributed by atoms with Gasteiger partial charge in [-0.25, -0.2) is 19.4 Å². The fourth-order valence-electron chi connectivity index (χ4n) is 2.53. The highest BCUT2D eigenvalue weighted by Gasteiger charge is 2.19. The Balaban J connectivity index is 1.66. The van der Waals surface area contributed by atoms with Gasteiger partial charge in [0.1, 0.15) is 6.54 Å². The van der Waals surface area contributed by atoms with Gasteiger partial charge < -0.3 is 4.90 Å². The number of likely N-dealkylation sites (N-methyl/N-ethyl adjacent to an activating group) is 2. The summed E-state index contributed by atoms with van der Waals surface area (Å²) >= 11 is 0. The van der Waals surface area contributed by atoms with E-state index in [0.29, 0.717) is 13.0 Å². The Morgan fingerprint density at radius 1 is 0.759 bits per heavy atom. The number of hydrogen-bond donors (Lipinski definition) is 0. The van der Waals surface area contributed by atoms with E-state index in [2.05, 4.69) is 9.78 Å². The van der Waals surface area contributed by atoms with Crippen molar-refractivity contribution in [2.75, 3.05) is 27.2 Å². The van der Waals surface area contributed by atoms with Crippen molar-refractivity contribution in [2.24, 2.45) is 0 Å². The van der Waals surface area contributed by atoms with E-state index >= 15 is 0 Å². The Hall–Kier alpha value is -3.35. The molecule has 0 spiro atoms. The maximum Gasteiger partial charge on any atom is 0.453 e. The van der Waals surface area contributed by atoms with Gasteiger partial charge in [-0.05, 0) is 24.0 Å². The van der Waals surface area contributed by atoms with Gasteiger partial charge in [0.15, 0.2) is 0 Å². The average molecular weight is 398 g/mol. The topological polar surface area (TPSA) is 76.2 Å². The molecule has 2 rings (SSSR count). The molecule has 0 radical (unpaired) electrons. The first-order valence-corrected chi connectivity index (χ1v) is 9.40. The van der Waals surface area contributed by atoms with Crippen molar-refractivity contribution in [3.63, 3.8) is 0 Å². The third-order valence-electron chi connectivity index (χ3n) is 4.36. The van der Waals surface area contributed by atoms with Crippen LogP contribution < -0.4 is 0 Å². The molecular formula is C22H26N2O5. The first-order valence-electron chi connectivity index (χ1n) is 9.40. The van der Waals surface area contributed by atoms with E-state index in [0.717, 1.165) is 22.4 Å². The summed E-state index contributed by atoms with van der Waals surface area (Å²) in [4.78, 5) is 47.5. The van der Waals surface area contributed by atoms with Crippen LogP contribution in [0.15, 0.2) is 60.7 Å². The number of amides is 2. The van der Waals surface area contributed by atoms with Crippen molar-refractivity contribution >= 4 is 18.0 Å². The fraction of sp³-hybridized carbons (Fsp3) is 0.318. The summed E-state index contributed by atoms with van der Waals surface area (Å²) in [6.45, 7) is 0.353. The van der Waals surface area contributed by atoms with Crippen LogP contribution in [0.4, 0.5) is 4.79 Å². The number of carbonyl (C=O) groups excluding carboxylic acids is 3. The maximum atomic E-state index is 12.2. The van der Waals surface area contributed by atoms with E-state index in [4.69, 9.17) is 0 Å². The van der Waals surface area contributed by atoms with Crippen molar-refractivity contribution in [3.05, 3.63) is 71.8 Å². The summed E-state index contributed by atoms with van der Waals surface area (Å²) in [5.41, 5.74) is 2.11. The molecule has 2 aromatic carbocycles. The Kier molecular flexibility index (Phi) is 8.69. The van der Waals surface area contributed by atoms with Gasteiger partial charge in [-0.1, -0.05) is 60.7 Å². The second-order valence-electron chi connectivity index (χ2n) is 6.70. The molecule has 0 unspecified atom stereocenters. The number of rotatable bonds is 8. The lowest BCUT2D eigenvalue weighted by Gasteiger charge is -2.21. The largest absolute Gasteiger partial charge is 0.453 e. The highest BCUT2D eigenvalue weighted by Crippen LogP contribution is 2.05. The van der Waals surface area contributed by atoms with E-state index in [1.165, 1.54) is 7.05 Å². The highest BCUT2D eigenvalue weighted by molar-refractivity contribution is 5.82. The molecule has 29 heavy (non-hydrogen) atoms. The molecular weight excluding hydrogens is 372 g/mol. The second kappa shape index (κ2) is 11.5. The summed E-state index contributed by atoms with van der Waals surface area (Å²) in [7, 11) is 3.08. The number of benzene rings is 2. The monoisotopic (exact) mass is 398 g/mol. The van der Waals surface area contributed by atoms with Crippen LogP contribution in [0.5, 0.6) is 0 Å². The molecule has 0 saturated heterocycles. The number of nitrogens with zero attached hydrogens (tertiary/aromatic N) is 2. The average Bonchev–Trinajstić information content (AvgIpc) is 2.75. The Labute approximate surface area is 170 Å². The minimum Gasteiger partial charge on any atom is -0.344 e. The zero-order valence-electron chi connectivity index (χ0n) is 16.7. The number of carbonyl (C=O) groups is 3. The Morgan fingerprint density at radius 3 is 1.90 bits per heavy atom. The van der Waals surface area contributed by atoms with Gasteiger partial charge in [0.2, 0.25) is 5.91 Å². The summed E-state index contributed by atoms with van der Waals surface area (Å²) in [6.07, 6.45) is 0.388. The first-order chi connectivity index (χ1) is 14.0. The van der Waals surface area contributed by atoms with Crippen LogP contribution in [0.1, 0.15) is 17.5 Å². The van der Waals surface area contributed by atoms with Crippen molar-refractivity contribution in [2.45, 2.75) is 19.3 Å². The predicted molar refractivity (Wildman–Crippen MR) is 108 cm³/mol. The molecule has 0 aliphatic carbocycles. The number of aryl methyl sites for hydroxylation is 1. The third kappa shape index (κ3) is 8.04. The molecule has 0 aromatic heterocycles. The minimum atomic E-state index is -0.900. The zero-order chi connectivity index (χ0) is 21.1. The first kappa shape index (κ1) is 21.9. The lowest BCUT2D eigenvalue weighted by Crippen LogP contribution is -2.40. The molecule has 0 aliphatic rings. The van der Waals surface area contributed by atoms with Crippen LogP contribution >= 0.6 is 0 Å². The van der Waals surface area contributed by atoms with Gasteiger partial charge in [-0.3, -0.25) is 9.69 Å². The second-order valence-corrected chi connectivity index (χ2v) is 6.70. The van der Waals surface area contributed by atoms with Crippen molar-refractivity contribution < 1.29 is 24.2 Å². The van der Waals surface area contributed by atoms with Crippen molar-refractivity contribution in [3.8, 4) is 0 Å². The smallest absolute Gasteiger partial charge is 0.344 e. The molecule has 0 N–H and O–H groups in total. The van der Waals surface area contributed by atoms with Crippen LogP contribution in [0.25, 0.3) is 0 Å². The summed E-state index contributed by atoms with van der Waals surface area (Å²) in [5.74, 6) is -0.891. The Bertz CT molecular complexity index is 795. The third-order valence-corrected chi connectivity index (χ3v) is 4.36. The van der Waals surface area contributed by atoms with Gasteiger partial charge >= 0.3 is 12.1 Å². The molecule has 0 bridgehead atoms. The fourth-order valence-corrected chi connectivity index (χ4v) is 2.53. The normalized spacial score (nSPS) is 10.1. The molecule has 0 atom stereocenters. The lowest BCUT2D eigenvalue weighted by atomic mass is 10.1. The van der Waals surface area contributed by atoms with Crippen molar-refractivity contribution in [1.29, 1.82) is 0 Å².